The van der Waals surface area contributed by atoms with Crippen LogP contribution < -0.4 is 5.32 Å². The van der Waals surface area contributed by atoms with Gasteiger partial charge in [-0.2, -0.15) is 0 Å². The van der Waals surface area contributed by atoms with Crippen LogP contribution in [0.1, 0.15) is 42.5 Å². The number of hydrogen-bond acceptors (Lipinski definition) is 3. The second-order valence-corrected chi connectivity index (χ2v) is 9.94. The van der Waals surface area contributed by atoms with Gasteiger partial charge in [-0.1, -0.05) is 91.9 Å². The number of carbonyl (C=O) groups is 2. The van der Waals surface area contributed by atoms with Gasteiger partial charge in [0.25, 0.3) is 0 Å². The van der Waals surface area contributed by atoms with Crippen molar-refractivity contribution in [3.63, 3.8) is 0 Å². The summed E-state index contributed by atoms with van der Waals surface area (Å²) in [5.41, 5.74) is 4.51. The minimum atomic E-state index is -0.585. The predicted octanol–water partition coefficient (Wildman–Crippen LogP) is 5.78. The topological polar surface area (TPSA) is 49.4 Å². The normalized spacial score (nSPS) is 12.5. The fourth-order valence-electron chi connectivity index (χ4n) is 3.88. The summed E-state index contributed by atoms with van der Waals surface area (Å²) in [6, 6.07) is 27.6. The van der Waals surface area contributed by atoms with Crippen molar-refractivity contribution in [3.05, 3.63) is 107 Å². The lowest BCUT2D eigenvalue weighted by Crippen LogP contribution is -2.52. The largest absolute Gasteiger partial charge is 0.352 e. The highest BCUT2D eigenvalue weighted by molar-refractivity contribution is 7.99. The number of hydrogen-bond donors (Lipinski definition) is 1. The van der Waals surface area contributed by atoms with E-state index in [0.717, 1.165) is 23.3 Å². The number of benzene rings is 3. The fraction of sp³-hybridized carbons (Fsp3) is 0.333. The van der Waals surface area contributed by atoms with Crippen LogP contribution in [0.15, 0.2) is 84.9 Å². The van der Waals surface area contributed by atoms with Crippen LogP contribution >= 0.6 is 11.8 Å². The second-order valence-electron chi connectivity index (χ2n) is 8.95. The number of amides is 2. The van der Waals surface area contributed by atoms with Gasteiger partial charge in [-0.3, -0.25) is 9.59 Å². The lowest BCUT2D eigenvalue weighted by atomic mass is 10.0. The van der Waals surface area contributed by atoms with E-state index in [-0.39, 0.29) is 17.9 Å². The Morgan fingerprint density at radius 3 is 2.11 bits per heavy atom. The van der Waals surface area contributed by atoms with E-state index in [1.54, 1.807) is 16.7 Å². The lowest BCUT2D eigenvalue weighted by molar-refractivity contribution is -0.139. The Labute approximate surface area is 214 Å². The van der Waals surface area contributed by atoms with E-state index in [1.807, 2.05) is 86.6 Å². The highest BCUT2D eigenvalue weighted by Gasteiger charge is 2.30. The molecule has 2 amide bonds. The molecule has 0 fully saturated rings. The summed E-state index contributed by atoms with van der Waals surface area (Å²) in [4.78, 5) is 28.9. The number of thioether (sulfide) groups is 1. The molecule has 0 bridgehead atoms. The fourth-order valence-corrected chi connectivity index (χ4v) is 4.86. The quantitative estimate of drug-likeness (QED) is 0.351. The highest BCUT2D eigenvalue weighted by Crippen LogP contribution is 2.20. The van der Waals surface area contributed by atoms with E-state index in [1.165, 1.54) is 11.1 Å². The molecule has 0 aliphatic heterocycles. The van der Waals surface area contributed by atoms with Crippen molar-refractivity contribution < 1.29 is 9.59 Å². The molecule has 0 radical (unpaired) electrons. The van der Waals surface area contributed by atoms with Crippen LogP contribution in [0.3, 0.4) is 0 Å². The van der Waals surface area contributed by atoms with E-state index < -0.39 is 6.04 Å². The molecular formula is C30H36N2O2S. The summed E-state index contributed by atoms with van der Waals surface area (Å²) < 4.78 is 0. The second kappa shape index (κ2) is 13.7. The third kappa shape index (κ3) is 8.29. The van der Waals surface area contributed by atoms with Crippen LogP contribution in [0.4, 0.5) is 0 Å². The van der Waals surface area contributed by atoms with Gasteiger partial charge in [-0.15, -0.1) is 11.8 Å². The monoisotopic (exact) mass is 488 g/mol. The van der Waals surface area contributed by atoms with Gasteiger partial charge in [-0.05, 0) is 42.5 Å². The highest BCUT2D eigenvalue weighted by atomic mass is 32.2. The Balaban J connectivity index is 1.84. The van der Waals surface area contributed by atoms with Gasteiger partial charge in [0.1, 0.15) is 6.04 Å². The van der Waals surface area contributed by atoms with Crippen molar-refractivity contribution in [2.75, 3.05) is 5.75 Å². The van der Waals surface area contributed by atoms with E-state index >= 15 is 0 Å². The molecule has 5 heteroatoms. The zero-order valence-corrected chi connectivity index (χ0v) is 21.8. The lowest BCUT2D eigenvalue weighted by Gasteiger charge is -2.32. The number of nitrogens with one attached hydrogen (secondary N) is 1. The zero-order valence-electron chi connectivity index (χ0n) is 20.9. The molecule has 4 nitrogen and oxygen atoms in total. The van der Waals surface area contributed by atoms with Gasteiger partial charge in [0.2, 0.25) is 11.8 Å². The van der Waals surface area contributed by atoms with Crippen LogP contribution in [0.25, 0.3) is 0 Å². The first kappa shape index (κ1) is 26.6. The van der Waals surface area contributed by atoms with Crippen LogP contribution in [-0.4, -0.2) is 34.6 Å². The Bertz CT molecular complexity index is 1070. The molecule has 0 spiro atoms. The van der Waals surface area contributed by atoms with E-state index in [9.17, 15) is 9.59 Å². The van der Waals surface area contributed by atoms with Crippen molar-refractivity contribution in [1.29, 1.82) is 0 Å². The first-order valence-electron chi connectivity index (χ1n) is 12.3. The third-order valence-corrected chi connectivity index (χ3v) is 7.18. The standard InChI is InChI=1S/C30H36N2O2S/c1-4-24(3)31-30(34)28(19-25-14-7-5-8-15-25)32(20-26-16-9-6-10-17-26)29(33)22-35-21-27-18-12-11-13-23(27)2/h5-18,24,28H,4,19-22H2,1-3H3,(H,31,34)/t24-,28+/m0/s1. The van der Waals surface area contributed by atoms with Crippen molar-refractivity contribution in [2.45, 2.75) is 58.0 Å². The minimum Gasteiger partial charge on any atom is -0.352 e. The maximum Gasteiger partial charge on any atom is 0.243 e. The number of nitrogens with zero attached hydrogens (tertiary/aromatic N) is 1. The summed E-state index contributed by atoms with van der Waals surface area (Å²) in [5, 5.41) is 3.12. The predicted molar refractivity (Wildman–Crippen MR) is 146 cm³/mol. The molecule has 1 N–H and O–H groups in total. The maximum atomic E-state index is 13.6. The van der Waals surface area contributed by atoms with Gasteiger partial charge in [0.15, 0.2) is 0 Å². The molecule has 3 rings (SSSR count). The molecule has 0 aliphatic carbocycles. The first-order valence-corrected chi connectivity index (χ1v) is 13.4. The van der Waals surface area contributed by atoms with Gasteiger partial charge in [-0.25, -0.2) is 0 Å². The van der Waals surface area contributed by atoms with Crippen LogP contribution in [0.2, 0.25) is 0 Å². The molecule has 0 saturated carbocycles. The van der Waals surface area contributed by atoms with Crippen molar-refractivity contribution in [2.24, 2.45) is 0 Å². The molecule has 2 atom stereocenters. The summed E-state index contributed by atoms with van der Waals surface area (Å²) >= 11 is 1.60. The van der Waals surface area contributed by atoms with Crippen LogP contribution in [0.5, 0.6) is 0 Å². The smallest absolute Gasteiger partial charge is 0.243 e. The molecule has 35 heavy (non-hydrogen) atoms. The number of rotatable bonds is 12. The summed E-state index contributed by atoms with van der Waals surface area (Å²) in [6.07, 6.45) is 1.31. The summed E-state index contributed by atoms with van der Waals surface area (Å²) in [5.74, 6) is 0.965. The zero-order chi connectivity index (χ0) is 25.0. The Morgan fingerprint density at radius 2 is 1.49 bits per heavy atom. The van der Waals surface area contributed by atoms with Gasteiger partial charge >= 0.3 is 0 Å². The average molecular weight is 489 g/mol. The molecule has 0 heterocycles. The van der Waals surface area contributed by atoms with Crippen molar-refractivity contribution >= 4 is 23.6 Å². The van der Waals surface area contributed by atoms with Crippen molar-refractivity contribution in [3.8, 4) is 0 Å². The van der Waals surface area contributed by atoms with Gasteiger partial charge < -0.3 is 10.2 Å². The molecule has 0 unspecified atom stereocenters. The molecular weight excluding hydrogens is 452 g/mol. The van der Waals surface area contributed by atoms with E-state index in [4.69, 9.17) is 0 Å². The summed E-state index contributed by atoms with van der Waals surface area (Å²) in [7, 11) is 0. The molecule has 3 aromatic carbocycles. The van der Waals surface area contributed by atoms with Crippen LogP contribution in [-0.2, 0) is 28.3 Å². The number of carbonyl (C=O) groups excluding carboxylic acids is 2. The minimum absolute atomic E-state index is 0.0207. The molecule has 3 aromatic rings. The van der Waals surface area contributed by atoms with E-state index in [2.05, 4.69) is 24.4 Å². The molecule has 184 valence electrons. The Kier molecular flexibility index (Phi) is 10.4. The van der Waals surface area contributed by atoms with E-state index in [0.29, 0.717) is 18.7 Å². The molecule has 0 aliphatic rings. The SMILES string of the molecule is CC[C@H](C)NC(=O)[C@@H](Cc1ccccc1)N(Cc1ccccc1)C(=O)CSCc1ccccc1C. The third-order valence-electron chi connectivity index (χ3n) is 6.21. The number of aryl methyl sites for hydroxylation is 1. The van der Waals surface area contributed by atoms with Gasteiger partial charge in [0.05, 0.1) is 5.75 Å². The molecule has 0 saturated heterocycles. The Hall–Kier alpha value is -3.05. The van der Waals surface area contributed by atoms with Gasteiger partial charge in [0, 0.05) is 24.8 Å². The molecule has 0 aromatic heterocycles. The maximum absolute atomic E-state index is 13.6. The van der Waals surface area contributed by atoms with Crippen LogP contribution in [0, 0.1) is 6.92 Å². The average Bonchev–Trinajstić information content (AvgIpc) is 2.88. The Morgan fingerprint density at radius 1 is 0.886 bits per heavy atom. The van der Waals surface area contributed by atoms with Crippen molar-refractivity contribution in [1.82, 2.24) is 10.2 Å². The first-order chi connectivity index (χ1) is 17.0. The summed E-state index contributed by atoms with van der Waals surface area (Å²) in [6.45, 7) is 6.54.